The molecule has 0 spiro atoms. The third kappa shape index (κ3) is 2.53. The number of aromatic nitrogens is 2. The molecule has 0 unspecified atom stereocenters. The Labute approximate surface area is 143 Å². The topological polar surface area (TPSA) is 75.8 Å². The molecule has 0 amide bonds. The lowest BCUT2D eigenvalue weighted by atomic mass is 10.2. The van der Waals surface area contributed by atoms with E-state index in [9.17, 15) is 0 Å². The Morgan fingerprint density at radius 2 is 1.40 bits per heavy atom. The van der Waals surface area contributed by atoms with Crippen molar-refractivity contribution in [3.8, 4) is 45.8 Å². The SMILES string of the molecule is c1cc2c(cc1-c1noc(-c3ccc4c(c3)OCCCO4)n1)OCO2. The molecule has 0 fully saturated rings. The number of rotatable bonds is 2. The van der Waals surface area contributed by atoms with Gasteiger partial charge in [-0.3, -0.25) is 0 Å². The predicted octanol–water partition coefficient (Wildman–Crippen LogP) is 3.29. The summed E-state index contributed by atoms with van der Waals surface area (Å²) in [5.41, 5.74) is 1.58. The highest BCUT2D eigenvalue weighted by molar-refractivity contribution is 5.65. The summed E-state index contributed by atoms with van der Waals surface area (Å²) in [6.45, 7) is 1.51. The van der Waals surface area contributed by atoms with E-state index in [1.165, 1.54) is 0 Å². The van der Waals surface area contributed by atoms with Crippen molar-refractivity contribution in [3.05, 3.63) is 36.4 Å². The van der Waals surface area contributed by atoms with Gasteiger partial charge in [0.1, 0.15) is 0 Å². The van der Waals surface area contributed by atoms with Gasteiger partial charge in [0.2, 0.25) is 12.6 Å². The average molecular weight is 338 g/mol. The van der Waals surface area contributed by atoms with E-state index in [0.29, 0.717) is 36.4 Å². The second-order valence-electron chi connectivity index (χ2n) is 5.70. The lowest BCUT2D eigenvalue weighted by Crippen LogP contribution is -1.97. The third-order valence-electron chi connectivity index (χ3n) is 4.05. The van der Waals surface area contributed by atoms with E-state index in [1.54, 1.807) is 0 Å². The number of nitrogens with zero attached hydrogens (tertiary/aromatic N) is 2. The summed E-state index contributed by atoms with van der Waals surface area (Å²) in [6.07, 6.45) is 0.860. The summed E-state index contributed by atoms with van der Waals surface area (Å²) >= 11 is 0. The van der Waals surface area contributed by atoms with Crippen molar-refractivity contribution in [2.75, 3.05) is 20.0 Å². The predicted molar refractivity (Wildman–Crippen MR) is 86.9 cm³/mol. The van der Waals surface area contributed by atoms with E-state index in [1.807, 2.05) is 36.4 Å². The van der Waals surface area contributed by atoms with E-state index in [2.05, 4.69) is 10.1 Å². The molecule has 0 N–H and O–H groups in total. The zero-order chi connectivity index (χ0) is 16.6. The van der Waals surface area contributed by atoms with E-state index < -0.39 is 0 Å². The van der Waals surface area contributed by atoms with Crippen LogP contribution in [0.2, 0.25) is 0 Å². The highest BCUT2D eigenvalue weighted by Gasteiger charge is 2.18. The Bertz CT molecular complexity index is 937. The fraction of sp³-hybridized carbons (Fsp3) is 0.222. The Morgan fingerprint density at radius 3 is 2.32 bits per heavy atom. The first-order valence-electron chi connectivity index (χ1n) is 8.00. The molecule has 3 aromatic rings. The van der Waals surface area contributed by atoms with Crippen LogP contribution in [0.4, 0.5) is 0 Å². The molecule has 2 aliphatic heterocycles. The van der Waals surface area contributed by atoms with Crippen LogP contribution in [-0.2, 0) is 0 Å². The van der Waals surface area contributed by atoms with Crippen molar-refractivity contribution in [2.24, 2.45) is 0 Å². The largest absolute Gasteiger partial charge is 0.490 e. The van der Waals surface area contributed by atoms with Crippen LogP contribution in [-0.4, -0.2) is 30.1 Å². The van der Waals surface area contributed by atoms with Gasteiger partial charge in [0, 0.05) is 17.5 Å². The van der Waals surface area contributed by atoms with Crippen LogP contribution < -0.4 is 18.9 Å². The number of ether oxygens (including phenoxy) is 4. The Morgan fingerprint density at radius 1 is 0.720 bits per heavy atom. The van der Waals surface area contributed by atoms with Crippen molar-refractivity contribution in [3.63, 3.8) is 0 Å². The standard InChI is InChI=1S/C18H14N2O5/c1-6-21-13-5-3-12(9-15(13)22-7-1)18-19-17(20-25-18)11-2-4-14-16(8-11)24-10-23-14/h2-5,8-9H,1,6-7,10H2. The quantitative estimate of drug-likeness (QED) is 0.709. The van der Waals surface area contributed by atoms with E-state index >= 15 is 0 Å². The first-order chi connectivity index (χ1) is 12.4. The van der Waals surface area contributed by atoms with Gasteiger partial charge in [0.15, 0.2) is 23.0 Å². The number of hydrogen-bond acceptors (Lipinski definition) is 7. The van der Waals surface area contributed by atoms with Crippen LogP contribution in [0.5, 0.6) is 23.0 Å². The number of fused-ring (bicyclic) bond motifs is 2. The summed E-state index contributed by atoms with van der Waals surface area (Å²) in [5, 5.41) is 4.06. The second kappa shape index (κ2) is 5.70. The Kier molecular flexibility index (Phi) is 3.22. The molecule has 1 aromatic heterocycles. The van der Waals surface area contributed by atoms with Crippen molar-refractivity contribution in [1.29, 1.82) is 0 Å². The lowest BCUT2D eigenvalue weighted by molar-refractivity contribution is 0.174. The summed E-state index contributed by atoms with van der Waals surface area (Å²) in [7, 11) is 0. The average Bonchev–Trinajstić information content (AvgIpc) is 3.25. The summed E-state index contributed by atoms with van der Waals surface area (Å²) in [6, 6.07) is 11.1. The van der Waals surface area contributed by atoms with Crippen LogP contribution in [0.15, 0.2) is 40.9 Å². The summed E-state index contributed by atoms with van der Waals surface area (Å²) in [4.78, 5) is 4.48. The molecule has 25 heavy (non-hydrogen) atoms. The summed E-state index contributed by atoms with van der Waals surface area (Å²) in [5.74, 6) is 3.73. The number of benzene rings is 2. The molecular formula is C18H14N2O5. The van der Waals surface area contributed by atoms with Crippen molar-refractivity contribution in [1.82, 2.24) is 10.1 Å². The second-order valence-corrected chi connectivity index (χ2v) is 5.70. The van der Waals surface area contributed by atoms with Gasteiger partial charge in [-0.15, -0.1) is 0 Å². The monoisotopic (exact) mass is 338 g/mol. The van der Waals surface area contributed by atoms with Gasteiger partial charge in [-0.05, 0) is 36.4 Å². The minimum atomic E-state index is 0.230. The fourth-order valence-electron chi connectivity index (χ4n) is 2.79. The maximum absolute atomic E-state index is 5.71. The minimum absolute atomic E-state index is 0.230. The molecule has 0 saturated heterocycles. The molecule has 7 heteroatoms. The lowest BCUT2D eigenvalue weighted by Gasteiger charge is -2.07. The molecule has 0 aliphatic carbocycles. The van der Waals surface area contributed by atoms with Gasteiger partial charge in [0.05, 0.1) is 13.2 Å². The molecule has 126 valence electrons. The first kappa shape index (κ1) is 14.2. The molecule has 5 rings (SSSR count). The van der Waals surface area contributed by atoms with Gasteiger partial charge in [0.25, 0.3) is 5.89 Å². The molecule has 7 nitrogen and oxygen atoms in total. The molecule has 0 radical (unpaired) electrons. The first-order valence-corrected chi connectivity index (χ1v) is 8.00. The van der Waals surface area contributed by atoms with Gasteiger partial charge in [-0.1, -0.05) is 5.16 Å². The smallest absolute Gasteiger partial charge is 0.258 e. The highest BCUT2D eigenvalue weighted by Crippen LogP contribution is 2.37. The molecule has 2 aromatic carbocycles. The van der Waals surface area contributed by atoms with Crippen LogP contribution in [0, 0.1) is 0 Å². The van der Waals surface area contributed by atoms with Crippen LogP contribution in [0.25, 0.3) is 22.8 Å². The zero-order valence-corrected chi connectivity index (χ0v) is 13.2. The maximum atomic E-state index is 5.71. The third-order valence-corrected chi connectivity index (χ3v) is 4.05. The fourth-order valence-corrected chi connectivity index (χ4v) is 2.79. The zero-order valence-electron chi connectivity index (χ0n) is 13.2. The Hall–Kier alpha value is -3.22. The van der Waals surface area contributed by atoms with Gasteiger partial charge in [-0.2, -0.15) is 4.98 Å². The van der Waals surface area contributed by atoms with Gasteiger partial charge in [-0.25, -0.2) is 0 Å². The number of hydrogen-bond donors (Lipinski definition) is 0. The molecular weight excluding hydrogens is 324 g/mol. The van der Waals surface area contributed by atoms with E-state index in [-0.39, 0.29) is 6.79 Å². The molecule has 0 saturated carbocycles. The normalized spacial score (nSPS) is 15.0. The Balaban J connectivity index is 1.47. The van der Waals surface area contributed by atoms with Crippen LogP contribution in [0.3, 0.4) is 0 Å². The van der Waals surface area contributed by atoms with Crippen molar-refractivity contribution in [2.45, 2.75) is 6.42 Å². The van der Waals surface area contributed by atoms with Crippen LogP contribution in [0.1, 0.15) is 6.42 Å². The highest BCUT2D eigenvalue weighted by atomic mass is 16.7. The summed E-state index contributed by atoms with van der Waals surface area (Å²) < 4.78 is 27.5. The molecule has 0 atom stereocenters. The van der Waals surface area contributed by atoms with Gasteiger partial charge >= 0.3 is 0 Å². The van der Waals surface area contributed by atoms with Crippen molar-refractivity contribution >= 4 is 0 Å². The molecule has 2 aliphatic rings. The minimum Gasteiger partial charge on any atom is -0.490 e. The van der Waals surface area contributed by atoms with E-state index in [4.69, 9.17) is 23.5 Å². The molecule has 3 heterocycles. The van der Waals surface area contributed by atoms with Crippen LogP contribution >= 0.6 is 0 Å². The van der Waals surface area contributed by atoms with E-state index in [0.717, 1.165) is 29.0 Å². The maximum Gasteiger partial charge on any atom is 0.258 e. The van der Waals surface area contributed by atoms with Crippen molar-refractivity contribution < 1.29 is 23.5 Å². The molecule has 0 bridgehead atoms. The van der Waals surface area contributed by atoms with Gasteiger partial charge < -0.3 is 23.5 Å².